The predicted molar refractivity (Wildman–Crippen MR) is 80.9 cm³/mol. The molecule has 0 aromatic carbocycles. The molecule has 1 aliphatic carbocycles. The van der Waals surface area contributed by atoms with Gasteiger partial charge in [0.25, 0.3) is 0 Å². The third-order valence-corrected chi connectivity index (χ3v) is 4.63. The van der Waals surface area contributed by atoms with Crippen LogP contribution in [0.15, 0.2) is 24.4 Å². The summed E-state index contributed by atoms with van der Waals surface area (Å²) in [6, 6.07) is 6.40. The first-order valence-electron chi connectivity index (χ1n) is 7.95. The zero-order valence-corrected chi connectivity index (χ0v) is 12.2. The van der Waals surface area contributed by atoms with Gasteiger partial charge in [-0.15, -0.1) is 0 Å². The van der Waals surface area contributed by atoms with Gasteiger partial charge in [0.05, 0.1) is 0 Å². The fourth-order valence-electron chi connectivity index (χ4n) is 3.32. The minimum Gasteiger partial charge on any atom is -0.327 e. The van der Waals surface area contributed by atoms with Crippen LogP contribution >= 0.6 is 0 Å². The van der Waals surface area contributed by atoms with Gasteiger partial charge in [0.15, 0.2) is 0 Å². The molecule has 0 radical (unpaired) electrons. The summed E-state index contributed by atoms with van der Waals surface area (Å²) in [5.41, 5.74) is 7.53. The molecule has 0 bridgehead atoms. The average molecular weight is 260 g/mol. The summed E-state index contributed by atoms with van der Waals surface area (Å²) in [5.74, 6) is 1.68. The zero-order chi connectivity index (χ0) is 13.5. The molecule has 1 unspecified atom stereocenters. The Morgan fingerprint density at radius 1 is 1.26 bits per heavy atom. The summed E-state index contributed by atoms with van der Waals surface area (Å²) < 4.78 is 0. The largest absolute Gasteiger partial charge is 0.327 e. The van der Waals surface area contributed by atoms with Crippen LogP contribution in [0.1, 0.15) is 57.6 Å². The van der Waals surface area contributed by atoms with Crippen LogP contribution in [0.2, 0.25) is 0 Å². The van der Waals surface area contributed by atoms with Gasteiger partial charge in [0.1, 0.15) is 0 Å². The highest BCUT2D eigenvalue weighted by Crippen LogP contribution is 2.33. The highest BCUT2D eigenvalue weighted by molar-refractivity contribution is 5.05. The van der Waals surface area contributed by atoms with Crippen molar-refractivity contribution >= 4 is 0 Å². The molecule has 106 valence electrons. The Bertz CT molecular complexity index is 342. The molecule has 1 aliphatic rings. The average Bonchev–Trinajstić information content (AvgIpc) is 2.46. The number of rotatable bonds is 6. The lowest BCUT2D eigenvalue weighted by atomic mass is 9.76. The topological polar surface area (TPSA) is 38.9 Å². The van der Waals surface area contributed by atoms with Crippen LogP contribution in [0, 0.1) is 11.8 Å². The van der Waals surface area contributed by atoms with Crippen LogP contribution in [0.5, 0.6) is 0 Å². The molecule has 1 atom stereocenters. The molecule has 1 aromatic heterocycles. The van der Waals surface area contributed by atoms with Crippen molar-refractivity contribution in [1.82, 2.24) is 4.98 Å². The Morgan fingerprint density at radius 2 is 2.05 bits per heavy atom. The second-order valence-electron chi connectivity index (χ2n) is 6.11. The van der Waals surface area contributed by atoms with Crippen LogP contribution < -0.4 is 5.73 Å². The molecule has 0 saturated heterocycles. The van der Waals surface area contributed by atoms with Gasteiger partial charge in [-0.05, 0) is 36.8 Å². The maximum Gasteiger partial charge on any atom is 0.0419 e. The highest BCUT2D eigenvalue weighted by atomic mass is 14.7. The lowest BCUT2D eigenvalue weighted by Gasteiger charge is -2.32. The fourth-order valence-corrected chi connectivity index (χ4v) is 3.32. The molecule has 0 spiro atoms. The number of unbranched alkanes of at least 4 members (excludes halogenated alkanes) is 1. The van der Waals surface area contributed by atoms with E-state index in [1.165, 1.54) is 44.9 Å². The summed E-state index contributed by atoms with van der Waals surface area (Å²) in [6.07, 6.45) is 12.4. The van der Waals surface area contributed by atoms with Crippen molar-refractivity contribution in [2.24, 2.45) is 17.6 Å². The Kier molecular flexibility index (Phi) is 5.84. The molecule has 1 saturated carbocycles. The summed E-state index contributed by atoms with van der Waals surface area (Å²) in [5, 5.41) is 0. The van der Waals surface area contributed by atoms with Gasteiger partial charge in [-0.25, -0.2) is 0 Å². The van der Waals surface area contributed by atoms with E-state index in [2.05, 4.69) is 24.0 Å². The second kappa shape index (κ2) is 7.64. The summed E-state index contributed by atoms with van der Waals surface area (Å²) in [4.78, 5) is 4.39. The van der Waals surface area contributed by atoms with Gasteiger partial charge in [-0.2, -0.15) is 0 Å². The molecule has 2 N–H and O–H groups in total. The molecule has 19 heavy (non-hydrogen) atoms. The molecule has 2 heteroatoms. The van der Waals surface area contributed by atoms with Crippen molar-refractivity contribution in [1.29, 1.82) is 0 Å². The van der Waals surface area contributed by atoms with Crippen LogP contribution in [0.25, 0.3) is 0 Å². The van der Waals surface area contributed by atoms with Gasteiger partial charge in [0, 0.05) is 24.4 Å². The van der Waals surface area contributed by atoms with Crippen molar-refractivity contribution in [2.45, 2.75) is 64.3 Å². The lowest BCUT2D eigenvalue weighted by molar-refractivity contribution is 0.230. The monoisotopic (exact) mass is 260 g/mol. The van der Waals surface area contributed by atoms with Crippen molar-refractivity contribution in [3.63, 3.8) is 0 Å². The normalized spacial score (nSPS) is 25.2. The van der Waals surface area contributed by atoms with Gasteiger partial charge in [-0.3, -0.25) is 4.98 Å². The third kappa shape index (κ3) is 4.61. The molecule has 0 aliphatic heterocycles. The minimum atomic E-state index is 0.294. The Labute approximate surface area is 117 Å². The molecule has 1 aromatic rings. The minimum absolute atomic E-state index is 0.294. The molecular weight excluding hydrogens is 232 g/mol. The highest BCUT2D eigenvalue weighted by Gasteiger charge is 2.25. The Hall–Kier alpha value is -0.890. The van der Waals surface area contributed by atoms with Crippen molar-refractivity contribution < 1.29 is 0 Å². The van der Waals surface area contributed by atoms with Crippen molar-refractivity contribution in [2.75, 3.05) is 0 Å². The SMILES string of the molecule is CCCCC1CCC(C(N)Cc2ccccn2)CC1. The summed E-state index contributed by atoms with van der Waals surface area (Å²) in [6.45, 7) is 2.29. The van der Waals surface area contributed by atoms with E-state index in [4.69, 9.17) is 5.73 Å². The van der Waals surface area contributed by atoms with E-state index in [1.54, 1.807) is 0 Å². The molecule has 2 nitrogen and oxygen atoms in total. The third-order valence-electron chi connectivity index (χ3n) is 4.63. The Balaban J connectivity index is 1.74. The molecule has 1 fully saturated rings. The number of aromatic nitrogens is 1. The van der Waals surface area contributed by atoms with E-state index >= 15 is 0 Å². The summed E-state index contributed by atoms with van der Waals surface area (Å²) in [7, 11) is 0. The van der Waals surface area contributed by atoms with Crippen LogP contribution in [0.4, 0.5) is 0 Å². The van der Waals surface area contributed by atoms with Gasteiger partial charge in [-0.1, -0.05) is 45.1 Å². The van der Waals surface area contributed by atoms with E-state index in [9.17, 15) is 0 Å². The maximum absolute atomic E-state index is 6.39. The van der Waals surface area contributed by atoms with E-state index < -0.39 is 0 Å². The molecule has 2 rings (SSSR count). The smallest absolute Gasteiger partial charge is 0.0419 e. The van der Waals surface area contributed by atoms with Gasteiger partial charge < -0.3 is 5.73 Å². The summed E-state index contributed by atoms with van der Waals surface area (Å²) >= 11 is 0. The van der Waals surface area contributed by atoms with Crippen LogP contribution in [-0.4, -0.2) is 11.0 Å². The number of nitrogens with two attached hydrogens (primary N) is 1. The number of hydrogen-bond donors (Lipinski definition) is 1. The number of pyridine rings is 1. The number of hydrogen-bond acceptors (Lipinski definition) is 2. The first-order valence-corrected chi connectivity index (χ1v) is 7.95. The zero-order valence-electron chi connectivity index (χ0n) is 12.2. The molecular formula is C17H28N2. The number of nitrogens with zero attached hydrogens (tertiary/aromatic N) is 1. The van der Waals surface area contributed by atoms with Crippen molar-refractivity contribution in [3.8, 4) is 0 Å². The van der Waals surface area contributed by atoms with Crippen LogP contribution in [-0.2, 0) is 6.42 Å². The predicted octanol–water partition coefficient (Wildman–Crippen LogP) is 3.95. The molecule has 1 heterocycles. The Morgan fingerprint density at radius 3 is 2.68 bits per heavy atom. The van der Waals surface area contributed by atoms with Crippen molar-refractivity contribution in [3.05, 3.63) is 30.1 Å². The first-order chi connectivity index (χ1) is 9.29. The fraction of sp³-hybridized carbons (Fsp3) is 0.706. The van der Waals surface area contributed by atoms with E-state index in [-0.39, 0.29) is 0 Å². The standard InChI is InChI=1S/C17H28N2/c1-2-3-6-14-8-10-15(11-9-14)17(18)13-16-7-4-5-12-19-16/h4-5,7,12,14-15,17H,2-3,6,8-11,13,18H2,1H3. The quantitative estimate of drug-likeness (QED) is 0.841. The maximum atomic E-state index is 6.39. The molecule has 0 amide bonds. The van der Waals surface area contributed by atoms with E-state index in [1.807, 2.05) is 12.3 Å². The van der Waals surface area contributed by atoms with Crippen LogP contribution in [0.3, 0.4) is 0 Å². The lowest BCUT2D eigenvalue weighted by Crippen LogP contribution is -2.35. The van der Waals surface area contributed by atoms with E-state index in [0.717, 1.165) is 18.0 Å². The second-order valence-corrected chi connectivity index (χ2v) is 6.11. The van der Waals surface area contributed by atoms with Gasteiger partial charge >= 0.3 is 0 Å². The first kappa shape index (κ1) is 14.5. The van der Waals surface area contributed by atoms with Gasteiger partial charge in [0.2, 0.25) is 0 Å². The van der Waals surface area contributed by atoms with E-state index in [0.29, 0.717) is 12.0 Å².